The second kappa shape index (κ2) is 7.34. The average molecular weight is 389 g/mol. The highest BCUT2D eigenvalue weighted by molar-refractivity contribution is 14.1. The zero-order chi connectivity index (χ0) is 13.6. The normalized spacial score (nSPS) is 11.7. The van der Waals surface area contributed by atoms with E-state index in [0.717, 1.165) is 29.4 Å². The van der Waals surface area contributed by atoms with Crippen LogP contribution in [0.3, 0.4) is 0 Å². The largest absolute Gasteiger partial charge is 0.243 e. The number of nitrogens with one attached hydrogen (secondary N) is 1. The third kappa shape index (κ3) is 4.77. The maximum atomic E-state index is 13.3. The van der Waals surface area contributed by atoms with Gasteiger partial charge in [0.05, 0.1) is 0 Å². The van der Waals surface area contributed by atoms with Crippen molar-refractivity contribution in [2.24, 2.45) is 0 Å². The van der Waals surface area contributed by atoms with Gasteiger partial charge in [0, 0.05) is 12.6 Å². The molecule has 0 aliphatic heterocycles. The van der Waals surface area contributed by atoms with Crippen molar-refractivity contribution in [1.29, 1.82) is 0 Å². The summed E-state index contributed by atoms with van der Waals surface area (Å²) < 4.78 is 52.8. The van der Waals surface area contributed by atoms with Crippen molar-refractivity contribution in [1.82, 2.24) is 4.72 Å². The van der Waals surface area contributed by atoms with E-state index in [1.54, 1.807) is 0 Å². The lowest BCUT2D eigenvalue weighted by atomic mass is 10.3. The fourth-order valence-electron chi connectivity index (χ4n) is 1.37. The molecule has 102 valence electrons. The van der Waals surface area contributed by atoms with Gasteiger partial charge in [-0.15, -0.1) is 0 Å². The molecule has 0 aliphatic rings. The third-order valence-electron chi connectivity index (χ3n) is 2.29. The summed E-state index contributed by atoms with van der Waals surface area (Å²) in [5.74, 6) is -1.87. The number of rotatable bonds is 7. The lowest BCUT2D eigenvalue weighted by Gasteiger charge is -2.07. The highest BCUT2D eigenvalue weighted by atomic mass is 127. The maximum Gasteiger partial charge on any atom is 0.243 e. The van der Waals surface area contributed by atoms with Crippen LogP contribution in [0.5, 0.6) is 0 Å². The zero-order valence-corrected chi connectivity index (χ0v) is 12.6. The number of unbranched alkanes of at least 4 members (excludes halogenated alkanes) is 2. The van der Waals surface area contributed by atoms with Crippen LogP contribution in [0.1, 0.15) is 19.3 Å². The summed E-state index contributed by atoms with van der Waals surface area (Å²) in [6.07, 6.45) is 2.63. The van der Waals surface area contributed by atoms with Gasteiger partial charge in [-0.2, -0.15) is 0 Å². The van der Waals surface area contributed by atoms with E-state index in [4.69, 9.17) is 0 Å². The van der Waals surface area contributed by atoms with E-state index in [1.165, 1.54) is 0 Å². The highest BCUT2D eigenvalue weighted by Gasteiger charge is 2.18. The molecule has 0 spiro atoms. The summed E-state index contributed by atoms with van der Waals surface area (Å²) in [5, 5.41) is 0. The van der Waals surface area contributed by atoms with E-state index in [1.807, 2.05) is 0 Å². The summed E-state index contributed by atoms with van der Waals surface area (Å²) in [6.45, 7) is 0.260. The van der Waals surface area contributed by atoms with E-state index < -0.39 is 26.6 Å². The smallest absolute Gasteiger partial charge is 0.211 e. The first-order valence-electron chi connectivity index (χ1n) is 5.48. The van der Waals surface area contributed by atoms with Crippen molar-refractivity contribution < 1.29 is 17.2 Å². The van der Waals surface area contributed by atoms with Crippen LogP contribution in [0.25, 0.3) is 0 Å². The molecule has 0 saturated carbocycles. The first-order valence-corrected chi connectivity index (χ1v) is 8.49. The van der Waals surface area contributed by atoms with Gasteiger partial charge in [0.15, 0.2) is 0 Å². The highest BCUT2D eigenvalue weighted by Crippen LogP contribution is 2.15. The molecule has 18 heavy (non-hydrogen) atoms. The Kier molecular flexibility index (Phi) is 6.44. The van der Waals surface area contributed by atoms with Crippen LogP contribution < -0.4 is 4.72 Å². The fourth-order valence-corrected chi connectivity index (χ4v) is 3.04. The topological polar surface area (TPSA) is 46.2 Å². The van der Waals surface area contributed by atoms with Crippen molar-refractivity contribution in [3.8, 4) is 0 Å². The molecular weight excluding hydrogens is 375 g/mol. The summed E-state index contributed by atoms with van der Waals surface area (Å²) in [7, 11) is -3.89. The van der Waals surface area contributed by atoms with Crippen LogP contribution in [-0.4, -0.2) is 19.4 Å². The fraction of sp³-hybridized carbons (Fsp3) is 0.455. The third-order valence-corrected chi connectivity index (χ3v) is 4.54. The second-order valence-corrected chi connectivity index (χ2v) is 6.54. The van der Waals surface area contributed by atoms with Crippen LogP contribution >= 0.6 is 22.6 Å². The minimum Gasteiger partial charge on any atom is -0.211 e. The lowest BCUT2D eigenvalue weighted by Crippen LogP contribution is -2.25. The van der Waals surface area contributed by atoms with Crippen molar-refractivity contribution in [3.63, 3.8) is 0 Å². The molecule has 3 nitrogen and oxygen atoms in total. The predicted octanol–water partition coefficient (Wildman–Crippen LogP) is 2.85. The Morgan fingerprint density at radius 3 is 2.50 bits per heavy atom. The van der Waals surface area contributed by atoms with Crippen molar-refractivity contribution in [3.05, 3.63) is 29.8 Å². The van der Waals surface area contributed by atoms with E-state index in [9.17, 15) is 17.2 Å². The Bertz CT molecular complexity index is 494. The Labute approximate surface area is 119 Å². The molecule has 1 aromatic carbocycles. The van der Waals surface area contributed by atoms with E-state index in [2.05, 4.69) is 27.3 Å². The van der Waals surface area contributed by atoms with E-state index >= 15 is 0 Å². The molecule has 0 radical (unpaired) electrons. The summed E-state index contributed by atoms with van der Waals surface area (Å²) >= 11 is 2.25. The Morgan fingerprint density at radius 1 is 1.17 bits per heavy atom. The Morgan fingerprint density at radius 2 is 1.89 bits per heavy atom. The van der Waals surface area contributed by atoms with Gasteiger partial charge >= 0.3 is 0 Å². The monoisotopic (exact) mass is 389 g/mol. The van der Waals surface area contributed by atoms with Gasteiger partial charge in [0.1, 0.15) is 16.5 Å². The first-order chi connectivity index (χ1) is 8.47. The van der Waals surface area contributed by atoms with Gasteiger partial charge in [-0.25, -0.2) is 21.9 Å². The number of hydrogen-bond donors (Lipinski definition) is 1. The molecule has 0 atom stereocenters. The molecule has 0 amide bonds. The van der Waals surface area contributed by atoms with Crippen LogP contribution in [0, 0.1) is 11.6 Å². The molecular formula is C11H14F2INO2S. The second-order valence-electron chi connectivity index (χ2n) is 3.72. The summed E-state index contributed by atoms with van der Waals surface area (Å²) in [6, 6.07) is 2.41. The molecule has 0 unspecified atom stereocenters. The number of sulfonamides is 1. The minimum atomic E-state index is -3.89. The van der Waals surface area contributed by atoms with Crippen LogP contribution in [0.15, 0.2) is 23.1 Å². The number of hydrogen-bond acceptors (Lipinski definition) is 2. The van der Waals surface area contributed by atoms with Gasteiger partial charge in [-0.1, -0.05) is 29.0 Å². The molecule has 7 heteroatoms. The van der Waals surface area contributed by atoms with Crippen molar-refractivity contribution in [2.75, 3.05) is 11.0 Å². The van der Waals surface area contributed by atoms with Gasteiger partial charge in [0.2, 0.25) is 10.0 Å². The summed E-state index contributed by atoms with van der Waals surface area (Å²) in [4.78, 5) is -0.516. The number of alkyl halides is 1. The van der Waals surface area contributed by atoms with Crippen LogP contribution in [0.2, 0.25) is 0 Å². The molecule has 0 aromatic heterocycles. The molecule has 0 heterocycles. The van der Waals surface area contributed by atoms with E-state index in [-0.39, 0.29) is 6.54 Å². The molecule has 0 aliphatic carbocycles. The molecule has 1 N–H and O–H groups in total. The summed E-state index contributed by atoms with van der Waals surface area (Å²) in [5.41, 5.74) is 0. The Hall–Kier alpha value is -0.280. The average Bonchev–Trinajstić information content (AvgIpc) is 2.28. The molecule has 0 fully saturated rings. The van der Waals surface area contributed by atoms with Crippen LogP contribution in [-0.2, 0) is 10.0 Å². The van der Waals surface area contributed by atoms with Gasteiger partial charge in [0.25, 0.3) is 0 Å². The van der Waals surface area contributed by atoms with Crippen LogP contribution in [0.4, 0.5) is 8.78 Å². The lowest BCUT2D eigenvalue weighted by molar-refractivity contribution is 0.541. The minimum absolute atomic E-state index is 0.260. The molecule has 1 rings (SSSR count). The van der Waals surface area contributed by atoms with Gasteiger partial charge in [-0.05, 0) is 29.4 Å². The Balaban J connectivity index is 2.63. The first kappa shape index (κ1) is 15.8. The molecule has 0 saturated heterocycles. The standard InChI is InChI=1S/C11H14F2INO2S/c12-9-4-5-11(10(13)8-9)18(16,17)15-7-3-1-2-6-14/h4-5,8,15H,1-3,6-7H2. The molecule has 1 aromatic rings. The SMILES string of the molecule is O=S(=O)(NCCCCCI)c1ccc(F)cc1F. The van der Waals surface area contributed by atoms with E-state index in [0.29, 0.717) is 12.5 Å². The maximum absolute atomic E-state index is 13.3. The van der Waals surface area contributed by atoms with Gasteiger partial charge < -0.3 is 0 Å². The predicted molar refractivity (Wildman–Crippen MR) is 74.3 cm³/mol. The zero-order valence-electron chi connectivity index (χ0n) is 9.63. The number of halogens is 3. The molecule has 0 bridgehead atoms. The van der Waals surface area contributed by atoms with Gasteiger partial charge in [-0.3, -0.25) is 0 Å². The van der Waals surface area contributed by atoms with Crippen molar-refractivity contribution in [2.45, 2.75) is 24.2 Å². The quantitative estimate of drug-likeness (QED) is 0.443. The van der Waals surface area contributed by atoms with Crippen molar-refractivity contribution >= 4 is 32.6 Å². The number of benzene rings is 1.